The fourth-order valence-electron chi connectivity index (χ4n) is 2.22. The van der Waals surface area contributed by atoms with Gasteiger partial charge in [0.05, 0.1) is 11.4 Å². The van der Waals surface area contributed by atoms with E-state index >= 15 is 0 Å². The summed E-state index contributed by atoms with van der Waals surface area (Å²) in [5, 5.41) is 0. The first-order valence-corrected chi connectivity index (χ1v) is 8.14. The van der Waals surface area contributed by atoms with Gasteiger partial charge in [-0.1, -0.05) is 68.7 Å². The van der Waals surface area contributed by atoms with Gasteiger partial charge in [-0.15, -0.1) is 0 Å². The van der Waals surface area contributed by atoms with E-state index in [1.54, 1.807) is 0 Å². The van der Waals surface area contributed by atoms with Crippen LogP contribution in [0.3, 0.4) is 0 Å². The Balaban J connectivity index is 2.52. The van der Waals surface area contributed by atoms with E-state index < -0.39 is 0 Å². The molecule has 0 aliphatic heterocycles. The topological polar surface area (TPSA) is 46.3 Å². The summed E-state index contributed by atoms with van der Waals surface area (Å²) < 4.78 is 0. The van der Waals surface area contributed by atoms with Gasteiger partial charge in [-0.05, 0) is 12.0 Å². The fourth-order valence-corrected chi connectivity index (χ4v) is 2.31. The summed E-state index contributed by atoms with van der Waals surface area (Å²) in [6.07, 6.45) is 5.68. The van der Waals surface area contributed by atoms with Crippen molar-refractivity contribution >= 4 is 23.1 Å². The van der Waals surface area contributed by atoms with Crippen molar-refractivity contribution in [2.45, 2.75) is 45.4 Å². The molecule has 4 heteroatoms. The van der Waals surface area contributed by atoms with Crippen molar-refractivity contribution in [3.05, 3.63) is 35.9 Å². The van der Waals surface area contributed by atoms with Crippen LogP contribution in [0.15, 0.2) is 30.3 Å². The Morgan fingerprint density at radius 2 is 1.86 bits per heavy atom. The molecule has 0 aliphatic carbocycles. The average Bonchev–Trinajstić information content (AvgIpc) is 2.47. The van der Waals surface area contributed by atoms with Crippen LogP contribution in [0, 0.1) is 0 Å². The zero-order valence-electron chi connectivity index (χ0n) is 12.9. The van der Waals surface area contributed by atoms with Gasteiger partial charge in [-0.3, -0.25) is 4.79 Å². The zero-order valence-corrected chi connectivity index (χ0v) is 13.7. The summed E-state index contributed by atoms with van der Waals surface area (Å²) in [4.78, 5) is 14.8. The molecule has 0 unspecified atom stereocenters. The van der Waals surface area contributed by atoms with E-state index in [1.807, 2.05) is 35.2 Å². The van der Waals surface area contributed by atoms with Crippen LogP contribution in [0.1, 0.15) is 44.6 Å². The van der Waals surface area contributed by atoms with Crippen molar-refractivity contribution < 1.29 is 4.79 Å². The quantitative estimate of drug-likeness (QED) is 0.533. The van der Waals surface area contributed by atoms with Crippen LogP contribution < -0.4 is 5.73 Å². The summed E-state index contributed by atoms with van der Waals surface area (Å²) in [6, 6.07) is 9.86. The van der Waals surface area contributed by atoms with Gasteiger partial charge in [0.25, 0.3) is 0 Å². The number of benzene rings is 1. The van der Waals surface area contributed by atoms with Crippen LogP contribution in [-0.4, -0.2) is 28.9 Å². The van der Waals surface area contributed by atoms with E-state index in [2.05, 4.69) is 6.92 Å². The van der Waals surface area contributed by atoms with Gasteiger partial charge in [0, 0.05) is 19.5 Å². The molecule has 0 heterocycles. The lowest BCUT2D eigenvalue weighted by Crippen LogP contribution is -2.35. The standard InChI is InChI=1S/C17H26N2OS/c1-2-3-4-8-12-19(13-11-16(18)21)17(20)14-15-9-6-5-7-10-15/h5-7,9-10H,2-4,8,11-14H2,1H3,(H2,18,21). The smallest absolute Gasteiger partial charge is 0.227 e. The molecule has 3 nitrogen and oxygen atoms in total. The second-order valence-corrected chi connectivity index (χ2v) is 5.84. The lowest BCUT2D eigenvalue weighted by atomic mass is 10.1. The van der Waals surface area contributed by atoms with Crippen LogP contribution in [0.2, 0.25) is 0 Å². The molecule has 0 radical (unpaired) electrons. The Bertz CT molecular complexity index is 434. The highest BCUT2D eigenvalue weighted by Crippen LogP contribution is 2.07. The molecule has 0 spiro atoms. The van der Waals surface area contributed by atoms with Crippen molar-refractivity contribution in [1.29, 1.82) is 0 Å². The number of carbonyl (C=O) groups is 1. The number of nitrogens with two attached hydrogens (primary N) is 1. The SMILES string of the molecule is CCCCCCN(CCC(N)=S)C(=O)Cc1ccccc1. The summed E-state index contributed by atoms with van der Waals surface area (Å²) in [6.45, 7) is 3.62. The number of carbonyl (C=O) groups excluding carboxylic acids is 1. The molecule has 116 valence electrons. The number of hydrogen-bond acceptors (Lipinski definition) is 2. The zero-order chi connectivity index (χ0) is 15.5. The van der Waals surface area contributed by atoms with Crippen LogP contribution in [0.5, 0.6) is 0 Å². The van der Waals surface area contributed by atoms with E-state index in [9.17, 15) is 4.79 Å². The molecule has 0 bridgehead atoms. The van der Waals surface area contributed by atoms with Gasteiger partial charge in [-0.25, -0.2) is 0 Å². The predicted molar refractivity (Wildman–Crippen MR) is 92.3 cm³/mol. The number of amides is 1. The summed E-state index contributed by atoms with van der Waals surface area (Å²) in [7, 11) is 0. The molecule has 1 rings (SSSR count). The first-order chi connectivity index (χ1) is 10.1. The molecule has 0 aromatic heterocycles. The third-order valence-corrected chi connectivity index (χ3v) is 3.66. The van der Waals surface area contributed by atoms with Crippen LogP contribution in [0.4, 0.5) is 0 Å². The predicted octanol–water partition coefficient (Wildman–Crippen LogP) is 3.31. The highest BCUT2D eigenvalue weighted by molar-refractivity contribution is 7.80. The molecule has 0 saturated heterocycles. The first kappa shape index (κ1) is 17.6. The minimum atomic E-state index is 0.161. The Labute approximate surface area is 133 Å². The second-order valence-electron chi connectivity index (χ2n) is 5.32. The monoisotopic (exact) mass is 306 g/mol. The van der Waals surface area contributed by atoms with Crippen LogP contribution in [-0.2, 0) is 11.2 Å². The van der Waals surface area contributed by atoms with E-state index in [-0.39, 0.29) is 5.91 Å². The molecular formula is C17H26N2OS. The maximum atomic E-state index is 12.4. The van der Waals surface area contributed by atoms with E-state index in [0.29, 0.717) is 24.4 Å². The lowest BCUT2D eigenvalue weighted by Gasteiger charge is -2.22. The van der Waals surface area contributed by atoms with Crippen molar-refractivity contribution in [3.8, 4) is 0 Å². The van der Waals surface area contributed by atoms with E-state index in [0.717, 1.165) is 18.5 Å². The van der Waals surface area contributed by atoms with Crippen molar-refractivity contribution in [3.63, 3.8) is 0 Å². The molecule has 0 atom stereocenters. The Kier molecular flexibility index (Phi) is 8.67. The van der Waals surface area contributed by atoms with Gasteiger partial charge in [0.15, 0.2) is 0 Å². The molecule has 1 aromatic rings. The van der Waals surface area contributed by atoms with Gasteiger partial charge < -0.3 is 10.6 Å². The normalized spacial score (nSPS) is 10.3. The number of unbranched alkanes of at least 4 members (excludes halogenated alkanes) is 3. The average molecular weight is 306 g/mol. The summed E-state index contributed by atoms with van der Waals surface area (Å²) in [5.41, 5.74) is 6.62. The maximum Gasteiger partial charge on any atom is 0.227 e. The highest BCUT2D eigenvalue weighted by Gasteiger charge is 2.13. The molecule has 0 aliphatic rings. The third-order valence-electron chi connectivity index (χ3n) is 3.46. The van der Waals surface area contributed by atoms with Crippen LogP contribution >= 0.6 is 12.2 Å². The Morgan fingerprint density at radius 3 is 2.48 bits per heavy atom. The molecule has 1 amide bonds. The van der Waals surface area contributed by atoms with Gasteiger partial charge in [-0.2, -0.15) is 0 Å². The van der Waals surface area contributed by atoms with Crippen molar-refractivity contribution in [2.75, 3.05) is 13.1 Å². The highest BCUT2D eigenvalue weighted by atomic mass is 32.1. The van der Waals surface area contributed by atoms with E-state index in [4.69, 9.17) is 18.0 Å². The molecular weight excluding hydrogens is 280 g/mol. The molecule has 1 aromatic carbocycles. The molecule has 2 N–H and O–H groups in total. The number of nitrogens with zero attached hydrogens (tertiary/aromatic N) is 1. The first-order valence-electron chi connectivity index (χ1n) is 7.73. The van der Waals surface area contributed by atoms with Gasteiger partial charge in [0.2, 0.25) is 5.91 Å². The molecule has 0 fully saturated rings. The lowest BCUT2D eigenvalue weighted by molar-refractivity contribution is -0.130. The number of thiocarbonyl (C=S) groups is 1. The minimum Gasteiger partial charge on any atom is -0.393 e. The van der Waals surface area contributed by atoms with Crippen molar-refractivity contribution in [1.82, 2.24) is 4.90 Å². The largest absolute Gasteiger partial charge is 0.393 e. The maximum absolute atomic E-state index is 12.4. The third kappa shape index (κ3) is 7.81. The van der Waals surface area contributed by atoms with Gasteiger partial charge >= 0.3 is 0 Å². The second kappa shape index (κ2) is 10.3. The summed E-state index contributed by atoms with van der Waals surface area (Å²) in [5.74, 6) is 0.161. The Morgan fingerprint density at radius 1 is 1.14 bits per heavy atom. The minimum absolute atomic E-state index is 0.161. The summed E-state index contributed by atoms with van der Waals surface area (Å²) >= 11 is 4.92. The van der Waals surface area contributed by atoms with E-state index in [1.165, 1.54) is 19.3 Å². The Hall–Kier alpha value is -1.42. The molecule has 21 heavy (non-hydrogen) atoms. The fraction of sp³-hybridized carbons (Fsp3) is 0.529. The van der Waals surface area contributed by atoms with Crippen molar-refractivity contribution in [2.24, 2.45) is 5.73 Å². The molecule has 0 saturated carbocycles. The number of hydrogen-bond donors (Lipinski definition) is 1. The van der Waals surface area contributed by atoms with Gasteiger partial charge in [0.1, 0.15) is 0 Å². The van der Waals surface area contributed by atoms with Crippen LogP contribution in [0.25, 0.3) is 0 Å². The number of rotatable bonds is 10.